The molecule has 0 radical (unpaired) electrons. The molecule has 2 fully saturated rings. The number of piperazine rings is 1. The first-order valence-electron chi connectivity index (χ1n) is 9.57. The molecule has 2 aromatic heterocycles. The van der Waals surface area contributed by atoms with Crippen LogP contribution in [0.15, 0.2) is 47.3 Å². The molecule has 8 heteroatoms. The van der Waals surface area contributed by atoms with Crippen LogP contribution in [0.5, 0.6) is 0 Å². The lowest BCUT2D eigenvalue weighted by molar-refractivity contribution is -0.140. The Bertz CT molecular complexity index is 782. The number of hydrogen-bond donors (Lipinski definition) is 0. The summed E-state index contributed by atoms with van der Waals surface area (Å²) in [7, 11) is 0. The summed E-state index contributed by atoms with van der Waals surface area (Å²) in [6.45, 7) is 4.66. The number of carbonyl (C=O) groups is 2. The molecule has 0 N–H and O–H groups in total. The lowest BCUT2D eigenvalue weighted by atomic mass is 10.0. The van der Waals surface area contributed by atoms with E-state index in [4.69, 9.17) is 9.15 Å². The van der Waals surface area contributed by atoms with Crippen molar-refractivity contribution in [3.63, 3.8) is 0 Å². The van der Waals surface area contributed by atoms with Crippen molar-refractivity contribution in [2.75, 3.05) is 52.5 Å². The Balaban J connectivity index is 1.45. The molecule has 1 atom stereocenters. The van der Waals surface area contributed by atoms with Crippen molar-refractivity contribution < 1.29 is 18.7 Å². The Morgan fingerprint density at radius 3 is 2.36 bits per heavy atom. The third kappa shape index (κ3) is 3.93. The number of furan rings is 1. The molecule has 4 rings (SSSR count). The van der Waals surface area contributed by atoms with Crippen molar-refractivity contribution in [3.8, 4) is 0 Å². The summed E-state index contributed by atoms with van der Waals surface area (Å²) in [5, 5.41) is 0. The molecular weight excluding hydrogens is 360 g/mol. The SMILES string of the molecule is O=C(c1ccco1)N1CCN(C(=O)[C@H](c2cccnc2)N2CCOCC2)CC1. The molecule has 2 aliphatic heterocycles. The van der Waals surface area contributed by atoms with Crippen LogP contribution in [0.1, 0.15) is 22.2 Å². The summed E-state index contributed by atoms with van der Waals surface area (Å²) in [6, 6.07) is 6.80. The number of amides is 2. The molecule has 8 nitrogen and oxygen atoms in total. The van der Waals surface area contributed by atoms with Gasteiger partial charge >= 0.3 is 0 Å². The molecule has 4 heterocycles. The first kappa shape index (κ1) is 18.6. The normalized spacial score (nSPS) is 19.4. The minimum absolute atomic E-state index is 0.0556. The maximum Gasteiger partial charge on any atom is 0.289 e. The number of rotatable bonds is 4. The van der Waals surface area contributed by atoms with Gasteiger partial charge in [0.25, 0.3) is 5.91 Å². The van der Waals surface area contributed by atoms with Gasteiger partial charge in [-0.1, -0.05) is 6.07 Å². The van der Waals surface area contributed by atoms with Crippen LogP contribution in [0.4, 0.5) is 0 Å². The van der Waals surface area contributed by atoms with Gasteiger partial charge in [0, 0.05) is 51.7 Å². The minimum Gasteiger partial charge on any atom is -0.459 e. The van der Waals surface area contributed by atoms with E-state index in [1.165, 1.54) is 6.26 Å². The maximum atomic E-state index is 13.4. The van der Waals surface area contributed by atoms with Gasteiger partial charge in [-0.15, -0.1) is 0 Å². The van der Waals surface area contributed by atoms with Crippen LogP contribution in [0.2, 0.25) is 0 Å². The topological polar surface area (TPSA) is 79.1 Å². The number of pyridine rings is 1. The standard InChI is InChI=1S/C20H24N4O4/c25-19(17-4-2-12-28-17)23-6-8-24(9-7-23)20(26)18(16-3-1-5-21-15-16)22-10-13-27-14-11-22/h1-5,12,15,18H,6-11,13-14H2/t18-/m0/s1. The molecule has 2 saturated heterocycles. The van der Waals surface area contributed by atoms with E-state index in [1.807, 2.05) is 17.0 Å². The van der Waals surface area contributed by atoms with Gasteiger partial charge < -0.3 is 19.0 Å². The number of morpholine rings is 1. The Morgan fingerprint density at radius 2 is 1.71 bits per heavy atom. The van der Waals surface area contributed by atoms with Crippen LogP contribution in [0.25, 0.3) is 0 Å². The zero-order valence-electron chi connectivity index (χ0n) is 15.7. The van der Waals surface area contributed by atoms with E-state index in [0.29, 0.717) is 58.2 Å². The van der Waals surface area contributed by atoms with Crippen molar-refractivity contribution in [1.82, 2.24) is 19.7 Å². The van der Waals surface area contributed by atoms with Crippen LogP contribution in [-0.4, -0.2) is 84.0 Å². The van der Waals surface area contributed by atoms with Crippen LogP contribution in [0.3, 0.4) is 0 Å². The van der Waals surface area contributed by atoms with Crippen molar-refractivity contribution in [3.05, 3.63) is 54.2 Å². The van der Waals surface area contributed by atoms with E-state index in [2.05, 4.69) is 9.88 Å². The van der Waals surface area contributed by atoms with Gasteiger partial charge in [-0.25, -0.2) is 0 Å². The second-order valence-electron chi connectivity index (χ2n) is 6.93. The summed E-state index contributed by atoms with van der Waals surface area (Å²) < 4.78 is 10.7. The fraction of sp³-hybridized carbons (Fsp3) is 0.450. The Hall–Kier alpha value is -2.71. The van der Waals surface area contributed by atoms with E-state index in [9.17, 15) is 9.59 Å². The van der Waals surface area contributed by atoms with Gasteiger partial charge in [-0.05, 0) is 23.8 Å². The highest BCUT2D eigenvalue weighted by Gasteiger charge is 2.34. The average molecular weight is 384 g/mol. The number of aromatic nitrogens is 1. The summed E-state index contributed by atoms with van der Waals surface area (Å²) in [5.41, 5.74) is 0.892. The Morgan fingerprint density at radius 1 is 0.964 bits per heavy atom. The molecule has 28 heavy (non-hydrogen) atoms. The lowest BCUT2D eigenvalue weighted by Crippen LogP contribution is -2.54. The molecule has 0 aromatic carbocycles. The predicted molar refractivity (Wildman–Crippen MR) is 101 cm³/mol. The highest BCUT2D eigenvalue weighted by atomic mass is 16.5. The Kier molecular flexibility index (Phi) is 5.68. The molecule has 2 amide bonds. The highest BCUT2D eigenvalue weighted by molar-refractivity contribution is 5.91. The number of carbonyl (C=O) groups excluding carboxylic acids is 2. The first-order valence-corrected chi connectivity index (χ1v) is 9.57. The fourth-order valence-corrected chi connectivity index (χ4v) is 3.74. The van der Waals surface area contributed by atoms with E-state index in [1.54, 1.807) is 29.4 Å². The van der Waals surface area contributed by atoms with Crippen LogP contribution in [0, 0.1) is 0 Å². The molecule has 2 aliphatic rings. The second kappa shape index (κ2) is 8.53. The van der Waals surface area contributed by atoms with E-state index in [-0.39, 0.29) is 17.9 Å². The first-order chi connectivity index (χ1) is 13.7. The molecule has 148 valence electrons. The molecule has 0 spiro atoms. The molecular formula is C20H24N4O4. The molecule has 0 aliphatic carbocycles. The predicted octanol–water partition coefficient (Wildman–Crippen LogP) is 1.03. The van der Waals surface area contributed by atoms with Gasteiger partial charge in [0.1, 0.15) is 6.04 Å². The second-order valence-corrected chi connectivity index (χ2v) is 6.93. The zero-order valence-corrected chi connectivity index (χ0v) is 15.7. The lowest BCUT2D eigenvalue weighted by Gasteiger charge is -2.40. The molecule has 0 unspecified atom stereocenters. The molecule has 2 aromatic rings. The van der Waals surface area contributed by atoms with E-state index < -0.39 is 0 Å². The highest BCUT2D eigenvalue weighted by Crippen LogP contribution is 2.24. The maximum absolute atomic E-state index is 13.4. The largest absolute Gasteiger partial charge is 0.459 e. The van der Waals surface area contributed by atoms with Crippen LogP contribution in [-0.2, 0) is 9.53 Å². The summed E-state index contributed by atoms with van der Waals surface area (Å²) >= 11 is 0. The van der Waals surface area contributed by atoms with Crippen LogP contribution >= 0.6 is 0 Å². The average Bonchev–Trinajstić information content (AvgIpc) is 3.30. The van der Waals surface area contributed by atoms with Crippen molar-refractivity contribution in [1.29, 1.82) is 0 Å². The van der Waals surface area contributed by atoms with Gasteiger partial charge in [0.05, 0.1) is 19.5 Å². The molecule has 0 saturated carbocycles. The number of hydrogen-bond acceptors (Lipinski definition) is 6. The van der Waals surface area contributed by atoms with Crippen LogP contribution < -0.4 is 0 Å². The van der Waals surface area contributed by atoms with Gasteiger partial charge in [-0.2, -0.15) is 0 Å². The van der Waals surface area contributed by atoms with E-state index in [0.717, 1.165) is 5.56 Å². The summed E-state index contributed by atoms with van der Waals surface area (Å²) in [4.78, 5) is 35.8. The van der Waals surface area contributed by atoms with E-state index >= 15 is 0 Å². The summed E-state index contributed by atoms with van der Waals surface area (Å²) in [6.07, 6.45) is 4.96. The van der Waals surface area contributed by atoms with Gasteiger partial charge in [0.2, 0.25) is 5.91 Å². The minimum atomic E-state index is -0.370. The van der Waals surface area contributed by atoms with Gasteiger partial charge in [0.15, 0.2) is 5.76 Å². The smallest absolute Gasteiger partial charge is 0.289 e. The quantitative estimate of drug-likeness (QED) is 0.784. The third-order valence-corrected chi connectivity index (χ3v) is 5.26. The van der Waals surface area contributed by atoms with Crippen molar-refractivity contribution in [2.24, 2.45) is 0 Å². The van der Waals surface area contributed by atoms with Crippen molar-refractivity contribution in [2.45, 2.75) is 6.04 Å². The number of ether oxygens (including phenoxy) is 1. The fourth-order valence-electron chi connectivity index (χ4n) is 3.74. The molecule has 0 bridgehead atoms. The van der Waals surface area contributed by atoms with Gasteiger partial charge in [-0.3, -0.25) is 19.5 Å². The summed E-state index contributed by atoms with van der Waals surface area (Å²) in [5.74, 6) is 0.260. The zero-order chi connectivity index (χ0) is 19.3. The monoisotopic (exact) mass is 384 g/mol. The Labute approximate surface area is 163 Å². The third-order valence-electron chi connectivity index (χ3n) is 5.26. The number of nitrogens with zero attached hydrogens (tertiary/aromatic N) is 4. The van der Waals surface area contributed by atoms with Crippen molar-refractivity contribution >= 4 is 11.8 Å².